The third-order valence-electron chi connectivity index (χ3n) is 5.44. The normalized spacial score (nSPS) is 19.6. The van der Waals surface area contributed by atoms with Crippen molar-refractivity contribution in [3.05, 3.63) is 64.7 Å². The average molecular weight is 378 g/mol. The molecule has 2 aromatic rings. The highest BCUT2D eigenvalue weighted by Gasteiger charge is 2.30. The van der Waals surface area contributed by atoms with Crippen LogP contribution in [0.25, 0.3) is 6.08 Å². The molecule has 0 aliphatic carbocycles. The lowest BCUT2D eigenvalue weighted by Crippen LogP contribution is -2.28. The predicted octanol–water partition coefficient (Wildman–Crippen LogP) is 5.12. The van der Waals surface area contributed by atoms with Gasteiger partial charge in [0, 0.05) is 17.0 Å². The van der Waals surface area contributed by atoms with E-state index in [4.69, 9.17) is 9.47 Å². The minimum Gasteiger partial charge on any atom is -0.508 e. The molecule has 146 valence electrons. The van der Waals surface area contributed by atoms with Gasteiger partial charge in [0.05, 0.1) is 12.2 Å². The van der Waals surface area contributed by atoms with Gasteiger partial charge in [-0.05, 0) is 63.5 Å². The zero-order chi connectivity index (χ0) is 19.9. The van der Waals surface area contributed by atoms with Gasteiger partial charge in [-0.15, -0.1) is 0 Å². The van der Waals surface area contributed by atoms with Gasteiger partial charge >= 0.3 is 0 Å². The summed E-state index contributed by atoms with van der Waals surface area (Å²) in [5.74, 6) is 2.02. The van der Waals surface area contributed by atoms with E-state index in [2.05, 4.69) is 6.08 Å². The summed E-state index contributed by atoms with van der Waals surface area (Å²) in [5, 5.41) is 20.9. The first-order valence-electron chi connectivity index (χ1n) is 9.71. The fourth-order valence-corrected chi connectivity index (χ4v) is 3.92. The summed E-state index contributed by atoms with van der Waals surface area (Å²) in [6.07, 6.45) is 9.21. The van der Waals surface area contributed by atoms with Crippen LogP contribution < -0.4 is 9.47 Å². The molecule has 0 spiro atoms. The topological polar surface area (TPSA) is 58.9 Å². The van der Waals surface area contributed by atoms with Crippen LogP contribution >= 0.6 is 0 Å². The van der Waals surface area contributed by atoms with Crippen LogP contribution in [0.4, 0.5) is 0 Å². The number of benzene rings is 2. The summed E-state index contributed by atoms with van der Waals surface area (Å²) in [6.45, 7) is 6.45. The Morgan fingerprint density at radius 2 is 2.00 bits per heavy atom. The molecule has 28 heavy (non-hydrogen) atoms. The second kappa shape index (κ2) is 6.93. The lowest BCUT2D eigenvalue weighted by molar-refractivity contribution is 0.157. The molecule has 4 rings (SSSR count). The molecule has 0 saturated heterocycles. The molecule has 0 amide bonds. The molecule has 2 aliphatic rings. The Labute approximate surface area is 165 Å². The minimum atomic E-state index is -0.320. The molecule has 0 bridgehead atoms. The molecule has 4 nitrogen and oxygen atoms in total. The number of allylic oxidation sites excluding steroid dienone is 2. The van der Waals surface area contributed by atoms with E-state index in [1.807, 2.05) is 51.1 Å². The maximum atomic E-state index is 10.8. The Kier molecular flexibility index (Phi) is 4.58. The molecule has 0 radical (unpaired) electrons. The zero-order valence-electron chi connectivity index (χ0n) is 16.5. The molecule has 0 saturated carbocycles. The fourth-order valence-electron chi connectivity index (χ4n) is 3.92. The first kappa shape index (κ1) is 18.5. The maximum absolute atomic E-state index is 10.8. The van der Waals surface area contributed by atoms with Gasteiger partial charge in [0.15, 0.2) is 0 Å². The smallest absolute Gasteiger partial charge is 0.133 e. The van der Waals surface area contributed by atoms with Gasteiger partial charge in [-0.25, -0.2) is 0 Å². The van der Waals surface area contributed by atoms with E-state index in [1.54, 1.807) is 12.1 Å². The second-order valence-electron chi connectivity index (χ2n) is 7.99. The standard InChI is InChI=1S/C24H26O4/c1-4-5-6-18-20(25)9-8-17(22(18)26)16-13-15-7-10-21-19(23(15)27-14-16)11-12-24(2,3)28-21/h4-5,7-12,16,25-26H,6,13-14H2,1-3H3/b5-4+. The van der Waals surface area contributed by atoms with Crippen LogP contribution in [0.15, 0.2) is 42.5 Å². The van der Waals surface area contributed by atoms with E-state index in [1.165, 1.54) is 0 Å². The van der Waals surface area contributed by atoms with Gasteiger partial charge in [-0.1, -0.05) is 24.3 Å². The summed E-state index contributed by atoms with van der Waals surface area (Å²) in [4.78, 5) is 0. The monoisotopic (exact) mass is 378 g/mol. The van der Waals surface area contributed by atoms with E-state index in [0.717, 1.165) is 34.6 Å². The lowest BCUT2D eigenvalue weighted by atomic mass is 9.86. The fraction of sp³-hybridized carbons (Fsp3) is 0.333. The molecule has 0 aromatic heterocycles. The summed E-state index contributed by atoms with van der Waals surface area (Å²) in [5.41, 5.74) is 3.14. The molecule has 4 heteroatoms. The quantitative estimate of drug-likeness (QED) is 0.728. The van der Waals surface area contributed by atoms with Crippen LogP contribution in [-0.2, 0) is 12.8 Å². The molecule has 2 N–H and O–H groups in total. The number of hydrogen-bond donors (Lipinski definition) is 2. The van der Waals surface area contributed by atoms with Gasteiger partial charge in [0.25, 0.3) is 0 Å². The van der Waals surface area contributed by atoms with Crippen LogP contribution in [-0.4, -0.2) is 22.4 Å². The number of ether oxygens (including phenoxy) is 2. The van der Waals surface area contributed by atoms with Crippen LogP contribution in [0.3, 0.4) is 0 Å². The van der Waals surface area contributed by atoms with Crippen molar-refractivity contribution in [3.63, 3.8) is 0 Å². The number of phenolic OH excluding ortho intramolecular Hbond substituents is 2. The van der Waals surface area contributed by atoms with Gasteiger partial charge in [-0.2, -0.15) is 0 Å². The van der Waals surface area contributed by atoms with Crippen molar-refractivity contribution >= 4 is 6.08 Å². The lowest BCUT2D eigenvalue weighted by Gasteiger charge is -2.32. The third-order valence-corrected chi connectivity index (χ3v) is 5.44. The third kappa shape index (κ3) is 3.24. The Hall–Kier alpha value is -2.88. The van der Waals surface area contributed by atoms with Crippen molar-refractivity contribution in [2.45, 2.75) is 45.1 Å². The summed E-state index contributed by atoms with van der Waals surface area (Å²) < 4.78 is 12.2. The molecule has 2 heterocycles. The highest BCUT2D eigenvalue weighted by atomic mass is 16.5. The molecule has 1 atom stereocenters. The van der Waals surface area contributed by atoms with E-state index < -0.39 is 0 Å². The van der Waals surface area contributed by atoms with E-state index in [-0.39, 0.29) is 23.0 Å². The van der Waals surface area contributed by atoms with Gasteiger partial charge in [0.1, 0.15) is 28.6 Å². The highest BCUT2D eigenvalue weighted by molar-refractivity contribution is 5.69. The molecule has 2 aliphatic heterocycles. The second-order valence-corrected chi connectivity index (χ2v) is 7.99. The molecular weight excluding hydrogens is 352 g/mol. The number of fused-ring (bicyclic) bond motifs is 3. The van der Waals surface area contributed by atoms with Crippen molar-refractivity contribution in [2.75, 3.05) is 6.61 Å². The van der Waals surface area contributed by atoms with Crippen LogP contribution in [0.1, 0.15) is 48.9 Å². The zero-order valence-corrected chi connectivity index (χ0v) is 16.5. The van der Waals surface area contributed by atoms with Crippen LogP contribution in [0, 0.1) is 0 Å². The molecule has 0 fully saturated rings. The molecule has 2 aromatic carbocycles. The summed E-state index contributed by atoms with van der Waals surface area (Å²) in [6, 6.07) is 7.51. The Bertz CT molecular complexity index is 969. The van der Waals surface area contributed by atoms with E-state index in [0.29, 0.717) is 18.6 Å². The Morgan fingerprint density at radius 1 is 1.18 bits per heavy atom. The molecule has 1 unspecified atom stereocenters. The number of hydrogen-bond acceptors (Lipinski definition) is 4. The summed E-state index contributed by atoms with van der Waals surface area (Å²) >= 11 is 0. The Morgan fingerprint density at radius 3 is 2.79 bits per heavy atom. The maximum Gasteiger partial charge on any atom is 0.133 e. The number of aromatic hydroxyl groups is 2. The Balaban J connectivity index is 1.66. The number of rotatable bonds is 3. The van der Waals surface area contributed by atoms with Crippen molar-refractivity contribution in [1.82, 2.24) is 0 Å². The van der Waals surface area contributed by atoms with Crippen molar-refractivity contribution in [2.24, 2.45) is 0 Å². The van der Waals surface area contributed by atoms with E-state index in [9.17, 15) is 10.2 Å². The largest absolute Gasteiger partial charge is 0.508 e. The van der Waals surface area contributed by atoms with Crippen molar-refractivity contribution in [3.8, 4) is 23.0 Å². The van der Waals surface area contributed by atoms with Gasteiger partial charge < -0.3 is 19.7 Å². The van der Waals surface area contributed by atoms with Gasteiger partial charge in [-0.3, -0.25) is 0 Å². The SMILES string of the molecule is C/C=C/Cc1c(O)ccc(C2COc3c(ccc4c3C=CC(C)(C)O4)C2)c1O. The molecular formula is C24H26O4. The van der Waals surface area contributed by atoms with Crippen LogP contribution in [0.5, 0.6) is 23.0 Å². The first-order valence-corrected chi connectivity index (χ1v) is 9.71. The minimum absolute atomic E-state index is 0.0282. The average Bonchev–Trinajstić information content (AvgIpc) is 2.66. The van der Waals surface area contributed by atoms with E-state index >= 15 is 0 Å². The predicted molar refractivity (Wildman–Crippen MR) is 110 cm³/mol. The van der Waals surface area contributed by atoms with Crippen molar-refractivity contribution in [1.29, 1.82) is 0 Å². The number of phenols is 2. The first-order chi connectivity index (χ1) is 13.4. The van der Waals surface area contributed by atoms with Crippen LogP contribution in [0.2, 0.25) is 0 Å². The highest BCUT2D eigenvalue weighted by Crippen LogP contribution is 2.45. The summed E-state index contributed by atoms with van der Waals surface area (Å²) in [7, 11) is 0. The van der Waals surface area contributed by atoms with Gasteiger partial charge in [0.2, 0.25) is 0 Å². The van der Waals surface area contributed by atoms with Crippen molar-refractivity contribution < 1.29 is 19.7 Å².